The first-order chi connectivity index (χ1) is 15.8. The van der Waals surface area contributed by atoms with Crippen molar-refractivity contribution in [3.05, 3.63) is 63.6 Å². The molecule has 10 heteroatoms. The Morgan fingerprint density at radius 3 is 2.18 bits per heavy atom. The summed E-state index contributed by atoms with van der Waals surface area (Å²) in [6.45, 7) is 2.31. The molecule has 1 aromatic heterocycles. The molecule has 172 valence electrons. The summed E-state index contributed by atoms with van der Waals surface area (Å²) >= 11 is 1.34. The van der Waals surface area contributed by atoms with Crippen LogP contribution in [0.25, 0.3) is 11.1 Å². The van der Waals surface area contributed by atoms with Crippen molar-refractivity contribution in [2.45, 2.75) is 12.8 Å². The van der Waals surface area contributed by atoms with E-state index in [2.05, 4.69) is 5.32 Å². The van der Waals surface area contributed by atoms with E-state index < -0.39 is 5.82 Å². The van der Waals surface area contributed by atoms with Crippen molar-refractivity contribution >= 4 is 46.0 Å². The van der Waals surface area contributed by atoms with Crippen molar-refractivity contribution in [3.63, 3.8) is 0 Å². The number of nitrogens with zero attached hydrogens (tertiary/aromatic N) is 2. The fraction of sp³-hybridized carbons (Fsp3) is 0.261. The molecule has 1 amide bonds. The molecular weight excluding hydrogens is 441 g/mol. The fourth-order valence-electron chi connectivity index (χ4n) is 3.95. The Balaban J connectivity index is 1.41. The zero-order chi connectivity index (χ0) is 23.5. The maximum atomic E-state index is 14.8. The monoisotopic (exact) mass is 467 g/mol. The molecular formula is C23H26FN7OS. The number of carbonyl (C=O) groups excluding carboxylic acids is 1. The van der Waals surface area contributed by atoms with Gasteiger partial charge in [0.05, 0.1) is 4.88 Å². The fourth-order valence-corrected chi connectivity index (χ4v) is 4.78. The number of rotatable bonds is 4. The molecule has 33 heavy (non-hydrogen) atoms. The topological polar surface area (TPSA) is 135 Å². The van der Waals surface area contributed by atoms with Gasteiger partial charge in [0.2, 0.25) is 0 Å². The number of thiophene rings is 1. The van der Waals surface area contributed by atoms with E-state index >= 15 is 0 Å². The highest BCUT2D eigenvalue weighted by Gasteiger charge is 2.19. The van der Waals surface area contributed by atoms with Gasteiger partial charge in [0.25, 0.3) is 5.91 Å². The Morgan fingerprint density at radius 1 is 1.00 bits per heavy atom. The molecule has 0 bridgehead atoms. The smallest absolute Gasteiger partial charge is 0.265 e. The molecule has 0 saturated heterocycles. The summed E-state index contributed by atoms with van der Waals surface area (Å²) in [4.78, 5) is 16.7. The van der Waals surface area contributed by atoms with Gasteiger partial charge >= 0.3 is 0 Å². The Morgan fingerprint density at radius 2 is 1.64 bits per heavy atom. The highest BCUT2D eigenvalue weighted by Crippen LogP contribution is 2.29. The van der Waals surface area contributed by atoms with E-state index in [1.165, 1.54) is 17.4 Å². The third-order valence-electron chi connectivity index (χ3n) is 5.87. The summed E-state index contributed by atoms with van der Waals surface area (Å²) in [5.41, 5.74) is 14.9. The quantitative estimate of drug-likeness (QED) is 0.348. The molecule has 2 aromatic rings. The van der Waals surface area contributed by atoms with Gasteiger partial charge in [-0.15, -0.1) is 11.3 Å². The Kier molecular flexibility index (Phi) is 6.45. The predicted molar refractivity (Wildman–Crippen MR) is 131 cm³/mol. The number of guanidine groups is 2. The summed E-state index contributed by atoms with van der Waals surface area (Å²) in [5, 5.41) is 19.7. The second-order valence-corrected chi connectivity index (χ2v) is 8.88. The lowest BCUT2D eigenvalue weighted by Gasteiger charge is -2.26. The van der Waals surface area contributed by atoms with E-state index in [0.29, 0.717) is 48.7 Å². The summed E-state index contributed by atoms with van der Waals surface area (Å²) in [6, 6.07) is 6.55. The van der Waals surface area contributed by atoms with Gasteiger partial charge in [-0.1, -0.05) is 12.2 Å². The van der Waals surface area contributed by atoms with Crippen LogP contribution in [0.1, 0.15) is 33.6 Å². The zero-order valence-electron chi connectivity index (χ0n) is 18.0. The molecule has 4 rings (SSSR count). The van der Waals surface area contributed by atoms with Gasteiger partial charge < -0.3 is 26.6 Å². The summed E-state index contributed by atoms with van der Waals surface area (Å²) in [5.74, 6) is -0.608. The van der Waals surface area contributed by atoms with Gasteiger partial charge in [0.15, 0.2) is 11.9 Å². The van der Waals surface area contributed by atoms with E-state index in [4.69, 9.17) is 22.3 Å². The molecule has 2 aliphatic heterocycles. The van der Waals surface area contributed by atoms with Crippen molar-refractivity contribution in [2.75, 3.05) is 31.5 Å². The van der Waals surface area contributed by atoms with Crippen LogP contribution in [0.5, 0.6) is 0 Å². The Bertz CT molecular complexity index is 1170. The maximum Gasteiger partial charge on any atom is 0.265 e. The number of amides is 1. The third-order valence-corrected chi connectivity index (χ3v) is 6.80. The lowest BCUT2D eigenvalue weighted by molar-refractivity contribution is 0.103. The van der Waals surface area contributed by atoms with Crippen LogP contribution >= 0.6 is 11.3 Å². The third kappa shape index (κ3) is 5.06. The normalized spacial score (nSPS) is 16.2. The number of carbonyl (C=O) groups is 1. The van der Waals surface area contributed by atoms with Crippen LogP contribution < -0.4 is 16.8 Å². The molecule has 0 fully saturated rings. The molecule has 0 unspecified atom stereocenters. The molecule has 0 spiro atoms. The van der Waals surface area contributed by atoms with Crippen LogP contribution in [0.2, 0.25) is 0 Å². The van der Waals surface area contributed by atoms with Crippen molar-refractivity contribution in [2.24, 2.45) is 11.5 Å². The molecule has 7 N–H and O–H groups in total. The minimum atomic E-state index is -0.399. The van der Waals surface area contributed by atoms with E-state index in [1.807, 2.05) is 23.6 Å². The standard InChI is InChI=1S/C23H26FN7OS/c24-19-12-17(1-2-18(19)15-5-9-31(10-6-15)23(27)28)29-21(32)20-11-16(13-33-20)14-3-7-30(8-4-14)22(25)26/h1-3,5,11-13H,4,6-10H2,(H3,25,26)(H3,27,28)(H,29,32). The maximum absolute atomic E-state index is 14.8. The van der Waals surface area contributed by atoms with Crippen LogP contribution in [-0.4, -0.2) is 53.8 Å². The van der Waals surface area contributed by atoms with E-state index in [9.17, 15) is 9.18 Å². The number of halogens is 1. The highest BCUT2D eigenvalue weighted by atomic mass is 32.1. The number of nitrogens with one attached hydrogen (secondary N) is 3. The number of anilines is 1. The second-order valence-electron chi connectivity index (χ2n) is 7.97. The number of hydrogen-bond donors (Lipinski definition) is 5. The first-order valence-corrected chi connectivity index (χ1v) is 11.5. The van der Waals surface area contributed by atoms with Crippen molar-refractivity contribution < 1.29 is 9.18 Å². The van der Waals surface area contributed by atoms with Gasteiger partial charge in [-0.25, -0.2) is 4.39 Å². The van der Waals surface area contributed by atoms with Crippen LogP contribution in [0.15, 0.2) is 41.8 Å². The first-order valence-electron chi connectivity index (χ1n) is 10.6. The minimum absolute atomic E-state index is 0.0124. The molecule has 8 nitrogen and oxygen atoms in total. The molecule has 0 radical (unpaired) electrons. The van der Waals surface area contributed by atoms with Crippen LogP contribution in [-0.2, 0) is 0 Å². The molecule has 3 heterocycles. The van der Waals surface area contributed by atoms with Crippen LogP contribution in [0.4, 0.5) is 10.1 Å². The lowest BCUT2D eigenvalue weighted by atomic mass is 9.98. The zero-order valence-corrected chi connectivity index (χ0v) is 18.8. The number of hydrogen-bond acceptors (Lipinski definition) is 4. The van der Waals surface area contributed by atoms with Crippen LogP contribution in [0, 0.1) is 16.6 Å². The van der Waals surface area contributed by atoms with Gasteiger partial charge in [-0.05, 0) is 59.2 Å². The van der Waals surface area contributed by atoms with Gasteiger partial charge in [-0.3, -0.25) is 15.6 Å². The Hall–Kier alpha value is -3.66. The van der Waals surface area contributed by atoms with Gasteiger partial charge in [0.1, 0.15) is 5.82 Å². The van der Waals surface area contributed by atoms with Crippen molar-refractivity contribution in [1.29, 1.82) is 10.8 Å². The van der Waals surface area contributed by atoms with Gasteiger partial charge in [0, 0.05) is 37.4 Å². The Labute approximate surface area is 195 Å². The minimum Gasteiger partial charge on any atom is -0.370 e. The summed E-state index contributed by atoms with van der Waals surface area (Å²) < 4.78 is 14.8. The van der Waals surface area contributed by atoms with Gasteiger partial charge in [-0.2, -0.15) is 0 Å². The van der Waals surface area contributed by atoms with Crippen molar-refractivity contribution in [3.8, 4) is 0 Å². The molecule has 0 saturated carbocycles. The van der Waals surface area contributed by atoms with Crippen LogP contribution in [0.3, 0.4) is 0 Å². The highest BCUT2D eigenvalue weighted by molar-refractivity contribution is 7.12. The molecule has 1 aromatic carbocycles. The molecule has 0 atom stereocenters. The summed E-state index contributed by atoms with van der Waals surface area (Å²) in [6.07, 6.45) is 5.26. The number of nitrogens with two attached hydrogens (primary N) is 2. The van der Waals surface area contributed by atoms with E-state index in [-0.39, 0.29) is 17.8 Å². The first kappa shape index (κ1) is 22.5. The lowest BCUT2D eigenvalue weighted by Crippen LogP contribution is -2.39. The van der Waals surface area contributed by atoms with E-state index in [1.54, 1.807) is 21.9 Å². The number of benzene rings is 1. The average Bonchev–Trinajstić information content (AvgIpc) is 3.30. The second kappa shape index (κ2) is 9.45. The average molecular weight is 468 g/mol. The van der Waals surface area contributed by atoms with E-state index in [0.717, 1.165) is 23.1 Å². The molecule has 2 aliphatic rings. The SMILES string of the molecule is N=C(N)N1CC=C(c2csc(C(=O)Nc3ccc(C4=CCN(C(=N)N)CC4)c(F)c3)c2)CC1. The van der Waals surface area contributed by atoms with Crippen molar-refractivity contribution in [1.82, 2.24) is 9.80 Å². The predicted octanol–water partition coefficient (Wildman–Crippen LogP) is 3.10. The molecule has 0 aliphatic carbocycles. The summed E-state index contributed by atoms with van der Waals surface area (Å²) in [7, 11) is 0. The largest absolute Gasteiger partial charge is 0.370 e.